The Morgan fingerprint density at radius 2 is 2.41 bits per heavy atom. The first-order valence-electron chi connectivity index (χ1n) is 6.02. The van der Waals surface area contributed by atoms with Crippen molar-refractivity contribution in [2.45, 2.75) is 25.3 Å². The van der Waals surface area contributed by atoms with E-state index in [-0.39, 0.29) is 0 Å². The quantitative estimate of drug-likeness (QED) is 0.887. The van der Waals surface area contributed by atoms with Gasteiger partial charge in [-0.15, -0.1) is 11.3 Å². The van der Waals surface area contributed by atoms with Gasteiger partial charge >= 0.3 is 0 Å². The molecule has 0 aromatic carbocycles. The van der Waals surface area contributed by atoms with Crippen molar-refractivity contribution in [2.75, 3.05) is 6.54 Å². The Morgan fingerprint density at radius 3 is 3.12 bits per heavy atom. The lowest BCUT2D eigenvalue weighted by molar-refractivity contribution is 0.411. The third kappa shape index (κ3) is 2.12. The minimum atomic E-state index is 0.454. The molecule has 90 valence electrons. The van der Waals surface area contributed by atoms with Crippen LogP contribution in [-0.2, 0) is 7.05 Å². The molecule has 0 spiro atoms. The lowest BCUT2D eigenvalue weighted by atomic mass is 10.1. The van der Waals surface area contributed by atoms with Gasteiger partial charge in [-0.05, 0) is 25.5 Å². The number of aryl methyl sites for hydroxylation is 1. The second-order valence-electron chi connectivity index (χ2n) is 4.41. The number of hydrogen-bond acceptors (Lipinski definition) is 4. The largest absolute Gasteiger partial charge is 0.308 e. The molecule has 0 amide bonds. The molecule has 0 saturated carbocycles. The molecule has 2 aromatic heterocycles. The maximum Gasteiger partial charge on any atom is 0.110 e. The molecule has 2 aromatic rings. The normalized spacial score (nSPS) is 20.6. The lowest BCUT2D eigenvalue weighted by Crippen LogP contribution is -2.26. The van der Waals surface area contributed by atoms with Crippen LogP contribution >= 0.6 is 11.3 Å². The van der Waals surface area contributed by atoms with E-state index in [1.54, 1.807) is 11.3 Å². The van der Waals surface area contributed by atoms with Gasteiger partial charge in [0.15, 0.2) is 0 Å². The van der Waals surface area contributed by atoms with Gasteiger partial charge in [-0.3, -0.25) is 4.68 Å². The van der Waals surface area contributed by atoms with Crippen molar-refractivity contribution >= 4 is 11.3 Å². The van der Waals surface area contributed by atoms with Crippen LogP contribution in [0.25, 0.3) is 11.4 Å². The van der Waals surface area contributed by atoms with Gasteiger partial charge in [-0.2, -0.15) is 5.10 Å². The number of piperidine rings is 1. The standard InChI is InChI=1S/C12H16N4S/c1-16-11(5-7-14-16)10-8-17-12(15-10)9-4-2-3-6-13-9/h5,7-9,13H,2-4,6H2,1H3. The van der Waals surface area contributed by atoms with Crippen LogP contribution in [-0.4, -0.2) is 21.3 Å². The molecule has 0 radical (unpaired) electrons. The molecule has 1 saturated heterocycles. The number of thiazole rings is 1. The molecule has 1 unspecified atom stereocenters. The van der Waals surface area contributed by atoms with E-state index in [1.807, 2.05) is 24.0 Å². The van der Waals surface area contributed by atoms with Crippen LogP contribution in [0.15, 0.2) is 17.6 Å². The molecular formula is C12H16N4S. The predicted octanol–water partition coefficient (Wildman–Crippen LogP) is 2.36. The van der Waals surface area contributed by atoms with Gasteiger partial charge < -0.3 is 5.32 Å². The van der Waals surface area contributed by atoms with Crippen molar-refractivity contribution in [1.82, 2.24) is 20.1 Å². The Labute approximate surface area is 105 Å². The van der Waals surface area contributed by atoms with Crippen molar-refractivity contribution in [3.05, 3.63) is 22.7 Å². The zero-order valence-corrected chi connectivity index (χ0v) is 10.7. The monoisotopic (exact) mass is 248 g/mol. The minimum Gasteiger partial charge on any atom is -0.308 e. The first-order chi connectivity index (χ1) is 8.34. The van der Waals surface area contributed by atoms with E-state index in [1.165, 1.54) is 24.3 Å². The average molecular weight is 248 g/mol. The molecule has 5 heteroatoms. The van der Waals surface area contributed by atoms with Crippen LogP contribution < -0.4 is 5.32 Å². The Hall–Kier alpha value is -1.20. The topological polar surface area (TPSA) is 42.7 Å². The number of nitrogens with one attached hydrogen (secondary N) is 1. The summed E-state index contributed by atoms with van der Waals surface area (Å²) in [4.78, 5) is 4.73. The highest BCUT2D eigenvalue weighted by atomic mass is 32.1. The fourth-order valence-corrected chi connectivity index (χ4v) is 3.18. The van der Waals surface area contributed by atoms with Crippen LogP contribution in [0.5, 0.6) is 0 Å². The van der Waals surface area contributed by atoms with Crippen LogP contribution in [0.2, 0.25) is 0 Å². The van der Waals surface area contributed by atoms with Gasteiger partial charge in [0, 0.05) is 18.6 Å². The second kappa shape index (κ2) is 4.58. The predicted molar refractivity (Wildman–Crippen MR) is 68.9 cm³/mol. The summed E-state index contributed by atoms with van der Waals surface area (Å²) in [7, 11) is 1.95. The van der Waals surface area contributed by atoms with Gasteiger partial charge in [0.25, 0.3) is 0 Å². The van der Waals surface area contributed by atoms with E-state index < -0.39 is 0 Å². The summed E-state index contributed by atoms with van der Waals surface area (Å²) in [6.07, 6.45) is 5.61. The van der Waals surface area contributed by atoms with Gasteiger partial charge in [0.1, 0.15) is 5.01 Å². The fourth-order valence-electron chi connectivity index (χ4n) is 2.25. The second-order valence-corrected chi connectivity index (χ2v) is 5.30. The lowest BCUT2D eigenvalue weighted by Gasteiger charge is -2.21. The van der Waals surface area contributed by atoms with Gasteiger partial charge in [0.2, 0.25) is 0 Å². The molecule has 1 atom stereocenters. The average Bonchev–Trinajstić information content (AvgIpc) is 2.98. The van der Waals surface area contributed by atoms with E-state index in [4.69, 9.17) is 4.98 Å². The van der Waals surface area contributed by atoms with Crippen molar-refractivity contribution in [2.24, 2.45) is 7.05 Å². The zero-order chi connectivity index (χ0) is 11.7. The summed E-state index contributed by atoms with van der Waals surface area (Å²) in [5, 5.41) is 11.1. The highest BCUT2D eigenvalue weighted by Crippen LogP contribution is 2.29. The Morgan fingerprint density at radius 1 is 1.47 bits per heavy atom. The molecule has 0 bridgehead atoms. The van der Waals surface area contributed by atoms with Crippen molar-refractivity contribution in [3.63, 3.8) is 0 Å². The summed E-state index contributed by atoms with van der Waals surface area (Å²) in [6, 6.07) is 2.46. The molecular weight excluding hydrogens is 232 g/mol. The summed E-state index contributed by atoms with van der Waals surface area (Å²) >= 11 is 1.75. The molecule has 1 N–H and O–H groups in total. The third-order valence-electron chi connectivity index (χ3n) is 3.21. The van der Waals surface area contributed by atoms with E-state index >= 15 is 0 Å². The zero-order valence-electron chi connectivity index (χ0n) is 9.89. The molecule has 1 aliphatic rings. The fraction of sp³-hybridized carbons (Fsp3) is 0.500. The Kier molecular flexibility index (Phi) is 2.94. The molecule has 3 heterocycles. The number of nitrogens with zero attached hydrogens (tertiary/aromatic N) is 3. The van der Waals surface area contributed by atoms with Crippen LogP contribution in [0, 0.1) is 0 Å². The number of aromatic nitrogens is 3. The van der Waals surface area contributed by atoms with Crippen LogP contribution in [0.1, 0.15) is 30.3 Å². The summed E-state index contributed by atoms with van der Waals surface area (Å²) < 4.78 is 1.87. The molecule has 1 aliphatic heterocycles. The van der Waals surface area contributed by atoms with Crippen molar-refractivity contribution in [1.29, 1.82) is 0 Å². The van der Waals surface area contributed by atoms with E-state index in [2.05, 4.69) is 15.8 Å². The molecule has 4 nitrogen and oxygen atoms in total. The molecule has 0 aliphatic carbocycles. The number of hydrogen-bond donors (Lipinski definition) is 1. The molecule has 1 fully saturated rings. The molecule has 17 heavy (non-hydrogen) atoms. The van der Waals surface area contributed by atoms with Crippen molar-refractivity contribution in [3.8, 4) is 11.4 Å². The highest BCUT2D eigenvalue weighted by Gasteiger charge is 2.18. The van der Waals surface area contributed by atoms with Gasteiger partial charge in [0.05, 0.1) is 17.4 Å². The van der Waals surface area contributed by atoms with Crippen LogP contribution in [0.4, 0.5) is 0 Å². The highest BCUT2D eigenvalue weighted by molar-refractivity contribution is 7.10. The summed E-state index contributed by atoms with van der Waals surface area (Å²) in [5.41, 5.74) is 2.13. The summed E-state index contributed by atoms with van der Waals surface area (Å²) in [5.74, 6) is 0. The third-order valence-corrected chi connectivity index (χ3v) is 4.17. The minimum absolute atomic E-state index is 0.454. The smallest absolute Gasteiger partial charge is 0.110 e. The Bertz CT molecular complexity index is 496. The Balaban J connectivity index is 1.85. The number of rotatable bonds is 2. The first kappa shape index (κ1) is 10.9. The van der Waals surface area contributed by atoms with Crippen LogP contribution in [0.3, 0.4) is 0 Å². The SMILES string of the molecule is Cn1nccc1-c1csc(C2CCCCN2)n1. The molecule has 3 rings (SSSR count). The first-order valence-corrected chi connectivity index (χ1v) is 6.90. The van der Waals surface area contributed by atoms with Gasteiger partial charge in [-0.1, -0.05) is 6.42 Å². The van der Waals surface area contributed by atoms with Gasteiger partial charge in [-0.25, -0.2) is 4.98 Å². The van der Waals surface area contributed by atoms with E-state index in [0.717, 1.165) is 17.9 Å². The van der Waals surface area contributed by atoms with E-state index in [0.29, 0.717) is 6.04 Å². The maximum absolute atomic E-state index is 4.73. The van der Waals surface area contributed by atoms with E-state index in [9.17, 15) is 0 Å². The van der Waals surface area contributed by atoms with Crippen molar-refractivity contribution < 1.29 is 0 Å². The maximum atomic E-state index is 4.73. The summed E-state index contributed by atoms with van der Waals surface area (Å²) in [6.45, 7) is 1.12.